The molecule has 0 bridgehead atoms. The number of carbonyl (C=O) groups is 1. The van der Waals surface area contributed by atoms with E-state index in [1.807, 2.05) is 4.57 Å². The minimum Gasteiger partial charge on any atom is -0.346 e. The Morgan fingerprint density at radius 1 is 1.39 bits per heavy atom. The van der Waals surface area contributed by atoms with E-state index in [2.05, 4.69) is 15.3 Å². The highest BCUT2D eigenvalue weighted by Gasteiger charge is 2.25. The number of H-pyrrole nitrogens is 1. The van der Waals surface area contributed by atoms with Crippen LogP contribution in [-0.4, -0.2) is 20.4 Å². The Labute approximate surface area is 165 Å². The molecule has 0 saturated heterocycles. The first-order valence-electron chi connectivity index (χ1n) is 8.96. The maximum Gasteiger partial charge on any atom is 0.253 e. The molecule has 8 heteroatoms. The van der Waals surface area contributed by atoms with Crippen LogP contribution in [-0.2, 0) is 19.4 Å². The van der Waals surface area contributed by atoms with Crippen molar-refractivity contribution in [1.29, 1.82) is 0 Å². The van der Waals surface area contributed by atoms with Gasteiger partial charge in [0.2, 0.25) is 0 Å². The number of benzene rings is 1. The van der Waals surface area contributed by atoms with E-state index in [1.165, 1.54) is 12.3 Å². The molecule has 1 aliphatic rings. The molecule has 5 nitrogen and oxygen atoms in total. The monoisotopic (exact) mass is 400 g/mol. The van der Waals surface area contributed by atoms with E-state index in [1.54, 1.807) is 24.5 Å². The van der Waals surface area contributed by atoms with Gasteiger partial charge in [-0.05, 0) is 60.8 Å². The Morgan fingerprint density at radius 2 is 2.25 bits per heavy atom. The highest BCUT2D eigenvalue weighted by atomic mass is 32.1. The molecule has 0 radical (unpaired) electrons. The van der Waals surface area contributed by atoms with Gasteiger partial charge in [-0.3, -0.25) is 9.78 Å². The summed E-state index contributed by atoms with van der Waals surface area (Å²) in [5.74, 6) is -1.29. The van der Waals surface area contributed by atoms with Crippen molar-refractivity contribution in [1.82, 2.24) is 19.9 Å². The molecule has 2 N–H and O–H groups in total. The molecule has 3 aromatic rings. The van der Waals surface area contributed by atoms with Gasteiger partial charge in [-0.15, -0.1) is 0 Å². The van der Waals surface area contributed by atoms with Crippen molar-refractivity contribution in [2.24, 2.45) is 0 Å². The number of aromatic amines is 1. The fraction of sp³-hybridized carbons (Fsp3) is 0.250. The third-order valence-electron chi connectivity index (χ3n) is 5.05. The summed E-state index contributed by atoms with van der Waals surface area (Å²) in [5.41, 5.74) is 2.53. The van der Waals surface area contributed by atoms with Gasteiger partial charge in [0.25, 0.3) is 5.91 Å². The lowest BCUT2D eigenvalue weighted by molar-refractivity contribution is 0.0949. The lowest BCUT2D eigenvalue weighted by atomic mass is 9.87. The van der Waals surface area contributed by atoms with Crippen LogP contribution < -0.4 is 5.32 Å². The van der Waals surface area contributed by atoms with Gasteiger partial charge < -0.3 is 14.9 Å². The quantitative estimate of drug-likeness (QED) is 0.654. The number of hydrogen-bond acceptors (Lipinski definition) is 3. The first-order valence-corrected chi connectivity index (χ1v) is 9.37. The molecular weight excluding hydrogens is 382 g/mol. The molecule has 0 fully saturated rings. The third kappa shape index (κ3) is 3.60. The van der Waals surface area contributed by atoms with Crippen LogP contribution in [0.5, 0.6) is 0 Å². The number of halogens is 2. The zero-order valence-corrected chi connectivity index (χ0v) is 15.7. The third-order valence-corrected chi connectivity index (χ3v) is 5.36. The molecule has 2 heterocycles. The van der Waals surface area contributed by atoms with E-state index < -0.39 is 11.6 Å². The van der Waals surface area contributed by atoms with Gasteiger partial charge in [0.1, 0.15) is 11.6 Å². The molecule has 1 aliphatic carbocycles. The predicted molar refractivity (Wildman–Crippen MR) is 102 cm³/mol. The number of amides is 1. The van der Waals surface area contributed by atoms with Gasteiger partial charge in [-0.25, -0.2) is 8.78 Å². The fourth-order valence-corrected chi connectivity index (χ4v) is 4.05. The van der Waals surface area contributed by atoms with Crippen LogP contribution in [0.2, 0.25) is 0 Å². The number of imidazole rings is 1. The van der Waals surface area contributed by atoms with Crippen molar-refractivity contribution < 1.29 is 13.6 Å². The van der Waals surface area contributed by atoms with Crippen molar-refractivity contribution in [3.8, 4) is 0 Å². The van der Waals surface area contributed by atoms with E-state index in [4.69, 9.17) is 12.2 Å². The van der Waals surface area contributed by atoms with Crippen LogP contribution >= 0.6 is 12.2 Å². The minimum absolute atomic E-state index is 0.0299. The Hall–Kier alpha value is -2.87. The van der Waals surface area contributed by atoms with Crippen molar-refractivity contribution in [2.75, 3.05) is 0 Å². The standard InChI is InChI=1S/C20H18F2N4OS/c21-14-6-13-7-15(3-4-17(13)18(22)8-14)26-16(11-25-20(26)28)10-24-19(27)12-2-1-5-23-9-12/h1-2,5-6,8-9,11,15H,3-4,7,10H2,(H,24,27)(H,25,28). The Bertz CT molecular complexity index is 1080. The van der Waals surface area contributed by atoms with Crippen LogP contribution in [0.3, 0.4) is 0 Å². The summed E-state index contributed by atoms with van der Waals surface area (Å²) >= 11 is 5.41. The largest absolute Gasteiger partial charge is 0.346 e. The van der Waals surface area contributed by atoms with Crippen molar-refractivity contribution in [2.45, 2.75) is 31.8 Å². The molecule has 1 aromatic carbocycles. The normalized spacial score (nSPS) is 15.9. The predicted octanol–water partition coefficient (Wildman–Crippen LogP) is 3.88. The molecule has 144 valence electrons. The lowest BCUT2D eigenvalue weighted by Crippen LogP contribution is -2.27. The maximum atomic E-state index is 14.0. The summed E-state index contributed by atoms with van der Waals surface area (Å²) < 4.78 is 30.1. The zero-order valence-electron chi connectivity index (χ0n) is 14.9. The Morgan fingerprint density at radius 3 is 3.04 bits per heavy atom. The van der Waals surface area contributed by atoms with Crippen molar-refractivity contribution in [3.05, 3.63) is 81.6 Å². The van der Waals surface area contributed by atoms with E-state index in [9.17, 15) is 13.6 Å². The van der Waals surface area contributed by atoms with Gasteiger partial charge >= 0.3 is 0 Å². The fourth-order valence-electron chi connectivity index (χ4n) is 3.73. The minimum atomic E-state index is -0.571. The van der Waals surface area contributed by atoms with E-state index in [0.717, 1.165) is 11.8 Å². The lowest BCUT2D eigenvalue weighted by Gasteiger charge is -2.27. The maximum absolute atomic E-state index is 14.0. The first-order chi connectivity index (χ1) is 13.5. The van der Waals surface area contributed by atoms with Crippen molar-refractivity contribution >= 4 is 18.1 Å². The second-order valence-electron chi connectivity index (χ2n) is 6.80. The number of hydrogen-bond donors (Lipinski definition) is 2. The van der Waals surface area contributed by atoms with E-state index in [0.29, 0.717) is 40.7 Å². The number of aromatic nitrogens is 3. The molecule has 1 atom stereocenters. The highest BCUT2D eigenvalue weighted by molar-refractivity contribution is 7.71. The summed E-state index contributed by atoms with van der Waals surface area (Å²) in [6, 6.07) is 5.68. The number of fused-ring (bicyclic) bond motifs is 1. The van der Waals surface area contributed by atoms with Crippen LogP contribution in [0, 0.1) is 16.4 Å². The molecule has 1 unspecified atom stereocenters. The van der Waals surface area contributed by atoms with Crippen LogP contribution in [0.15, 0.2) is 42.9 Å². The van der Waals surface area contributed by atoms with Gasteiger partial charge in [0, 0.05) is 30.7 Å². The summed E-state index contributed by atoms with van der Waals surface area (Å²) in [7, 11) is 0. The van der Waals surface area contributed by atoms with Gasteiger partial charge in [-0.1, -0.05) is 0 Å². The Balaban J connectivity index is 1.54. The van der Waals surface area contributed by atoms with Crippen LogP contribution in [0.25, 0.3) is 0 Å². The smallest absolute Gasteiger partial charge is 0.253 e. The molecule has 4 rings (SSSR count). The molecule has 28 heavy (non-hydrogen) atoms. The van der Waals surface area contributed by atoms with Gasteiger partial charge in [0.15, 0.2) is 4.77 Å². The van der Waals surface area contributed by atoms with Crippen LogP contribution in [0.1, 0.15) is 39.6 Å². The molecule has 0 spiro atoms. The average Bonchev–Trinajstić information content (AvgIpc) is 3.06. The van der Waals surface area contributed by atoms with E-state index in [-0.39, 0.29) is 18.5 Å². The molecule has 2 aromatic heterocycles. The molecule has 0 aliphatic heterocycles. The number of pyridine rings is 1. The highest BCUT2D eigenvalue weighted by Crippen LogP contribution is 2.32. The summed E-state index contributed by atoms with van der Waals surface area (Å²) in [6.45, 7) is 0.280. The van der Waals surface area contributed by atoms with Crippen LogP contribution in [0.4, 0.5) is 8.78 Å². The van der Waals surface area contributed by atoms with E-state index >= 15 is 0 Å². The van der Waals surface area contributed by atoms with Gasteiger partial charge in [0.05, 0.1) is 17.8 Å². The second kappa shape index (κ2) is 7.63. The molecule has 1 amide bonds. The molecule has 0 saturated carbocycles. The SMILES string of the molecule is O=C(NCc1c[nH]c(=S)n1C1CCc2c(F)cc(F)cc2C1)c1cccnc1. The number of carbonyl (C=O) groups excluding carboxylic acids is 1. The zero-order chi connectivity index (χ0) is 19.7. The first kappa shape index (κ1) is 18.5. The average molecular weight is 400 g/mol. The summed E-state index contributed by atoms with van der Waals surface area (Å²) in [5, 5.41) is 2.86. The molecular formula is C20H18F2N4OS. The second-order valence-corrected chi connectivity index (χ2v) is 7.19. The number of rotatable bonds is 4. The topological polar surface area (TPSA) is 62.7 Å². The Kier molecular flexibility index (Phi) is 5.04. The number of nitrogens with zero attached hydrogens (tertiary/aromatic N) is 2. The number of nitrogens with one attached hydrogen (secondary N) is 2. The summed E-state index contributed by atoms with van der Waals surface area (Å²) in [4.78, 5) is 19.2. The summed E-state index contributed by atoms with van der Waals surface area (Å²) in [6.07, 6.45) is 6.55. The van der Waals surface area contributed by atoms with Gasteiger partial charge in [-0.2, -0.15) is 0 Å². The van der Waals surface area contributed by atoms with Crippen molar-refractivity contribution in [3.63, 3.8) is 0 Å².